The largest absolute Gasteiger partial charge is 0.353 e. The number of carbonyl (C=O) groups is 1. The van der Waals surface area contributed by atoms with Crippen LogP contribution in [-0.2, 0) is 14.3 Å². The Balaban J connectivity index is 3.82. The Kier molecular flexibility index (Phi) is 8.72. The van der Waals surface area contributed by atoms with Crippen LogP contribution in [0.25, 0.3) is 0 Å². The average molecular weight is 243 g/mol. The Hall–Kier alpha value is -0.870. The number of carbonyl (C=O) groups excluding carboxylic acids is 1. The monoisotopic (exact) mass is 243 g/mol. The van der Waals surface area contributed by atoms with Crippen LogP contribution in [0.1, 0.15) is 40.5 Å². The summed E-state index contributed by atoms with van der Waals surface area (Å²) in [6.45, 7) is 11.9. The minimum absolute atomic E-state index is 0.140. The van der Waals surface area contributed by atoms with Crippen molar-refractivity contribution in [2.75, 3.05) is 6.54 Å². The van der Waals surface area contributed by atoms with Crippen LogP contribution in [0.5, 0.6) is 0 Å². The smallest absolute Gasteiger partial charge is 0.243 e. The van der Waals surface area contributed by atoms with Gasteiger partial charge in [0.25, 0.3) is 0 Å². The molecule has 4 nitrogen and oxygen atoms in total. The van der Waals surface area contributed by atoms with Crippen LogP contribution in [0, 0.1) is 0 Å². The van der Waals surface area contributed by atoms with Gasteiger partial charge < -0.3 is 14.8 Å². The summed E-state index contributed by atoms with van der Waals surface area (Å²) in [4.78, 5) is 10.9. The molecule has 0 unspecified atom stereocenters. The van der Waals surface area contributed by atoms with Gasteiger partial charge in [0, 0.05) is 13.0 Å². The van der Waals surface area contributed by atoms with E-state index in [1.54, 1.807) is 0 Å². The van der Waals surface area contributed by atoms with E-state index in [-0.39, 0.29) is 24.4 Å². The third-order valence-corrected chi connectivity index (χ3v) is 1.95. The molecule has 0 saturated heterocycles. The van der Waals surface area contributed by atoms with E-state index in [1.165, 1.54) is 6.08 Å². The summed E-state index contributed by atoms with van der Waals surface area (Å²) < 4.78 is 11.3. The van der Waals surface area contributed by atoms with Crippen LogP contribution in [0.3, 0.4) is 0 Å². The van der Waals surface area contributed by atoms with E-state index in [0.29, 0.717) is 6.54 Å². The molecule has 0 bridgehead atoms. The molecule has 4 heteroatoms. The lowest BCUT2D eigenvalue weighted by molar-refractivity contribution is -0.184. The molecule has 0 spiro atoms. The third-order valence-electron chi connectivity index (χ3n) is 1.95. The Bertz CT molecular complexity index is 217. The second-order valence-electron chi connectivity index (χ2n) is 4.44. The summed E-state index contributed by atoms with van der Waals surface area (Å²) in [5.41, 5.74) is 0. The minimum Gasteiger partial charge on any atom is -0.353 e. The SMILES string of the molecule is C=CC(=O)NCCCC(OC(C)C)OC(C)C. The standard InChI is InChI=1S/C13H25NO3/c1-6-12(15)14-9-7-8-13(16-10(2)3)17-11(4)5/h6,10-11,13H,1,7-9H2,2-5H3,(H,14,15). The Morgan fingerprint density at radius 3 is 2.18 bits per heavy atom. The maximum atomic E-state index is 10.9. The Morgan fingerprint density at radius 2 is 1.76 bits per heavy atom. The quantitative estimate of drug-likeness (QED) is 0.384. The van der Waals surface area contributed by atoms with Crippen LogP contribution in [0.4, 0.5) is 0 Å². The predicted octanol–water partition coefficient (Wildman–Crippen LogP) is 2.24. The molecular formula is C13H25NO3. The Labute approximate surface area is 104 Å². The van der Waals surface area contributed by atoms with Crippen molar-refractivity contribution in [3.05, 3.63) is 12.7 Å². The number of amides is 1. The lowest BCUT2D eigenvalue weighted by Crippen LogP contribution is -2.27. The van der Waals surface area contributed by atoms with Gasteiger partial charge in [0.1, 0.15) is 0 Å². The van der Waals surface area contributed by atoms with E-state index < -0.39 is 0 Å². The van der Waals surface area contributed by atoms with Gasteiger partial charge in [0.15, 0.2) is 6.29 Å². The van der Waals surface area contributed by atoms with Crippen molar-refractivity contribution in [3.8, 4) is 0 Å². The van der Waals surface area contributed by atoms with E-state index in [1.807, 2.05) is 27.7 Å². The maximum absolute atomic E-state index is 10.9. The molecule has 0 rings (SSSR count). The molecule has 0 saturated carbocycles. The summed E-state index contributed by atoms with van der Waals surface area (Å²) >= 11 is 0. The highest BCUT2D eigenvalue weighted by atomic mass is 16.7. The molecule has 0 aromatic carbocycles. The highest BCUT2D eigenvalue weighted by Crippen LogP contribution is 2.09. The van der Waals surface area contributed by atoms with Gasteiger partial charge in [0.2, 0.25) is 5.91 Å². The molecule has 0 atom stereocenters. The number of ether oxygens (including phenoxy) is 2. The minimum atomic E-state index is -0.198. The first kappa shape index (κ1) is 16.1. The molecule has 100 valence electrons. The molecule has 0 fully saturated rings. The summed E-state index contributed by atoms with van der Waals surface area (Å²) in [6, 6.07) is 0. The number of hydrogen-bond acceptors (Lipinski definition) is 3. The van der Waals surface area contributed by atoms with Gasteiger partial charge >= 0.3 is 0 Å². The predicted molar refractivity (Wildman–Crippen MR) is 68.7 cm³/mol. The fourth-order valence-corrected chi connectivity index (χ4v) is 1.33. The molecule has 0 heterocycles. The summed E-state index contributed by atoms with van der Waals surface area (Å²) in [5.74, 6) is -0.142. The molecule has 0 aromatic rings. The molecule has 0 aliphatic rings. The fraction of sp³-hybridized carbons (Fsp3) is 0.769. The van der Waals surface area contributed by atoms with Crippen molar-refractivity contribution in [1.29, 1.82) is 0 Å². The van der Waals surface area contributed by atoms with Gasteiger partial charge in [-0.05, 0) is 40.2 Å². The van der Waals surface area contributed by atoms with E-state index >= 15 is 0 Å². The van der Waals surface area contributed by atoms with E-state index in [4.69, 9.17) is 9.47 Å². The number of nitrogens with one attached hydrogen (secondary N) is 1. The highest BCUT2D eigenvalue weighted by Gasteiger charge is 2.13. The molecule has 0 aliphatic carbocycles. The maximum Gasteiger partial charge on any atom is 0.243 e. The van der Waals surface area contributed by atoms with Crippen molar-refractivity contribution in [3.63, 3.8) is 0 Å². The van der Waals surface area contributed by atoms with E-state index in [9.17, 15) is 4.79 Å². The molecule has 1 N–H and O–H groups in total. The van der Waals surface area contributed by atoms with Crippen LogP contribution in [-0.4, -0.2) is 30.9 Å². The van der Waals surface area contributed by atoms with E-state index in [2.05, 4.69) is 11.9 Å². The van der Waals surface area contributed by atoms with E-state index in [0.717, 1.165) is 12.8 Å². The second kappa shape index (κ2) is 9.19. The third kappa shape index (κ3) is 10.0. The first-order valence-corrected chi connectivity index (χ1v) is 6.17. The average Bonchev–Trinajstić information content (AvgIpc) is 2.22. The van der Waals surface area contributed by atoms with Gasteiger partial charge in [0.05, 0.1) is 12.2 Å². The zero-order chi connectivity index (χ0) is 13.3. The van der Waals surface area contributed by atoms with Crippen molar-refractivity contribution in [2.24, 2.45) is 0 Å². The molecule has 0 aliphatic heterocycles. The summed E-state index contributed by atoms with van der Waals surface area (Å²) in [5, 5.41) is 2.73. The Morgan fingerprint density at radius 1 is 1.24 bits per heavy atom. The van der Waals surface area contributed by atoms with Gasteiger partial charge in [-0.3, -0.25) is 4.79 Å². The second-order valence-corrected chi connectivity index (χ2v) is 4.44. The molecule has 17 heavy (non-hydrogen) atoms. The van der Waals surface area contributed by atoms with Crippen LogP contribution in [0.2, 0.25) is 0 Å². The fourth-order valence-electron chi connectivity index (χ4n) is 1.33. The van der Waals surface area contributed by atoms with Gasteiger partial charge in [-0.15, -0.1) is 0 Å². The lowest BCUT2D eigenvalue weighted by atomic mass is 10.3. The highest BCUT2D eigenvalue weighted by molar-refractivity contribution is 5.86. The van der Waals surface area contributed by atoms with Gasteiger partial charge in [-0.2, -0.15) is 0 Å². The molecule has 0 aromatic heterocycles. The number of rotatable bonds is 9. The number of hydrogen-bond donors (Lipinski definition) is 1. The molecular weight excluding hydrogens is 218 g/mol. The van der Waals surface area contributed by atoms with Crippen LogP contribution in [0.15, 0.2) is 12.7 Å². The first-order chi connectivity index (χ1) is 7.95. The normalized spacial score (nSPS) is 11.2. The molecule has 1 amide bonds. The zero-order valence-electron chi connectivity index (χ0n) is 11.4. The zero-order valence-corrected chi connectivity index (χ0v) is 11.4. The van der Waals surface area contributed by atoms with Crippen LogP contribution < -0.4 is 5.32 Å². The van der Waals surface area contributed by atoms with Crippen molar-refractivity contribution < 1.29 is 14.3 Å². The molecule has 0 radical (unpaired) electrons. The first-order valence-electron chi connectivity index (χ1n) is 6.17. The van der Waals surface area contributed by atoms with Gasteiger partial charge in [-0.1, -0.05) is 6.58 Å². The van der Waals surface area contributed by atoms with Crippen molar-refractivity contribution in [2.45, 2.75) is 59.0 Å². The summed E-state index contributed by atoms with van der Waals surface area (Å²) in [7, 11) is 0. The summed E-state index contributed by atoms with van der Waals surface area (Å²) in [6.07, 6.45) is 2.95. The topological polar surface area (TPSA) is 47.6 Å². The van der Waals surface area contributed by atoms with Crippen LogP contribution >= 0.6 is 0 Å². The van der Waals surface area contributed by atoms with Crippen molar-refractivity contribution in [1.82, 2.24) is 5.32 Å². The lowest BCUT2D eigenvalue weighted by Gasteiger charge is -2.23. The van der Waals surface area contributed by atoms with Crippen molar-refractivity contribution >= 4 is 5.91 Å². The van der Waals surface area contributed by atoms with Gasteiger partial charge in [-0.25, -0.2) is 0 Å².